The molecule has 7 amide bonds. The molecule has 0 bridgehead atoms. The second-order valence-corrected chi connectivity index (χ2v) is 18.4. The van der Waals surface area contributed by atoms with Gasteiger partial charge in [0.2, 0.25) is 29.5 Å². The van der Waals surface area contributed by atoms with Crippen molar-refractivity contribution in [1.29, 1.82) is 0 Å². The van der Waals surface area contributed by atoms with Crippen molar-refractivity contribution in [1.82, 2.24) is 41.0 Å². The number of aliphatic carboxylic acids is 2. The molecule has 0 aliphatic carbocycles. The third-order valence-corrected chi connectivity index (χ3v) is 11.6. The maximum Gasteiger partial charge on any atom is 0.326 e. The number of likely N-dealkylation sites (N-methyl/N-ethyl adjacent to an activating group) is 2. The Kier molecular flexibility index (Phi) is 18.3. The van der Waals surface area contributed by atoms with Crippen LogP contribution in [0.5, 0.6) is 0 Å². The summed E-state index contributed by atoms with van der Waals surface area (Å²) in [7, 11) is 5.22. The zero-order valence-corrected chi connectivity index (χ0v) is 39.2. The van der Waals surface area contributed by atoms with E-state index in [9.17, 15) is 53.4 Å². The molecule has 1 aliphatic heterocycles. The summed E-state index contributed by atoms with van der Waals surface area (Å²) in [6, 6.07) is 2.47. The molecule has 19 heteroatoms. The number of rotatable bonds is 23. The summed E-state index contributed by atoms with van der Waals surface area (Å²) in [6.07, 6.45) is 4.25. The van der Waals surface area contributed by atoms with E-state index in [4.69, 9.17) is 0 Å². The third-order valence-electron chi connectivity index (χ3n) is 11.6. The largest absolute Gasteiger partial charge is 0.480 e. The van der Waals surface area contributed by atoms with Gasteiger partial charge in [-0.25, -0.2) is 9.59 Å². The molecular formula is C46H66N8O11. The van der Waals surface area contributed by atoms with Crippen molar-refractivity contribution in [3.05, 3.63) is 59.8 Å². The van der Waals surface area contributed by atoms with Crippen LogP contribution in [0.1, 0.15) is 86.6 Å². The number of aromatic nitrogens is 1. The van der Waals surface area contributed by atoms with Crippen LogP contribution in [0.15, 0.2) is 54.3 Å². The van der Waals surface area contributed by atoms with E-state index in [0.717, 1.165) is 33.5 Å². The van der Waals surface area contributed by atoms with Crippen molar-refractivity contribution in [3.8, 4) is 0 Å². The number of carboxylic acid groups (broad SMARTS) is 2. The smallest absolute Gasteiger partial charge is 0.326 e. The van der Waals surface area contributed by atoms with Crippen molar-refractivity contribution >= 4 is 64.2 Å². The Hall–Kier alpha value is -6.37. The number of carbonyl (C=O) groups is 9. The Morgan fingerprint density at radius 3 is 1.91 bits per heavy atom. The molecule has 5 atom stereocenters. The molecule has 0 fully saturated rings. The van der Waals surface area contributed by atoms with Gasteiger partial charge >= 0.3 is 11.9 Å². The third kappa shape index (κ3) is 13.8. The first-order valence-corrected chi connectivity index (χ1v) is 21.6. The summed E-state index contributed by atoms with van der Waals surface area (Å²) in [5, 5.41) is 33.9. The molecular weight excluding hydrogens is 841 g/mol. The van der Waals surface area contributed by atoms with Crippen LogP contribution >= 0.6 is 0 Å². The van der Waals surface area contributed by atoms with Gasteiger partial charge in [-0.2, -0.15) is 0 Å². The molecule has 0 saturated carbocycles. The van der Waals surface area contributed by atoms with Gasteiger partial charge in [0, 0.05) is 80.3 Å². The lowest BCUT2D eigenvalue weighted by Gasteiger charge is -2.39. The molecule has 19 nitrogen and oxygen atoms in total. The number of amides is 7. The van der Waals surface area contributed by atoms with Crippen LogP contribution in [-0.4, -0.2) is 135 Å². The number of fused-ring (bicyclic) bond motifs is 1. The fourth-order valence-corrected chi connectivity index (χ4v) is 7.79. The lowest BCUT2D eigenvalue weighted by molar-refractivity contribution is -0.143. The minimum absolute atomic E-state index is 0.0617. The average Bonchev–Trinajstić information content (AvgIpc) is 3.74. The molecule has 2 heterocycles. The highest BCUT2D eigenvalue weighted by Crippen LogP contribution is 2.35. The number of para-hydroxylation sites is 1. The zero-order chi connectivity index (χ0) is 49.1. The van der Waals surface area contributed by atoms with E-state index in [1.807, 2.05) is 90.5 Å². The molecule has 3 rings (SSSR count). The van der Waals surface area contributed by atoms with Gasteiger partial charge in [0.15, 0.2) is 0 Å². The number of benzene rings is 1. The predicted molar refractivity (Wildman–Crippen MR) is 242 cm³/mol. The number of nitrogens with one attached hydrogen (secondary N) is 5. The number of imide groups is 1. The van der Waals surface area contributed by atoms with Crippen LogP contribution in [0.25, 0.3) is 10.9 Å². The Bertz CT molecular complexity index is 2180. The zero-order valence-electron chi connectivity index (χ0n) is 39.2. The van der Waals surface area contributed by atoms with E-state index < -0.39 is 101 Å². The van der Waals surface area contributed by atoms with Gasteiger partial charge in [-0.15, -0.1) is 0 Å². The van der Waals surface area contributed by atoms with Gasteiger partial charge in [-0.05, 0) is 49.8 Å². The first-order chi connectivity index (χ1) is 30.2. The molecule has 1 aliphatic rings. The molecule has 1 aromatic carbocycles. The summed E-state index contributed by atoms with van der Waals surface area (Å²) in [6.45, 7) is 14.5. The first kappa shape index (κ1) is 53.0. The van der Waals surface area contributed by atoms with Crippen LogP contribution in [-0.2, 0) is 55.6 Å². The quantitative estimate of drug-likeness (QED) is 0.0622. The van der Waals surface area contributed by atoms with Gasteiger partial charge in [0.05, 0.1) is 12.1 Å². The maximum absolute atomic E-state index is 14.4. The Morgan fingerprint density at radius 2 is 1.37 bits per heavy atom. The van der Waals surface area contributed by atoms with E-state index in [1.54, 1.807) is 20.2 Å². The number of carbonyl (C=O) groups excluding carboxylic acids is 7. The van der Waals surface area contributed by atoms with Crippen LogP contribution < -0.4 is 26.6 Å². The molecule has 2 aromatic rings. The van der Waals surface area contributed by atoms with Gasteiger partial charge in [0.1, 0.15) is 18.1 Å². The number of hydrogen-bond donors (Lipinski definition) is 7. The minimum Gasteiger partial charge on any atom is -0.480 e. The minimum atomic E-state index is -1.55. The highest BCUT2D eigenvalue weighted by molar-refractivity contribution is 6.12. The maximum atomic E-state index is 14.4. The average molecular weight is 907 g/mol. The SMILES string of the molecule is CN[C@H](C(=O)NC(C(=O)N(C)[C@H](/C=C(\C)C(=O)N[C@H](CCC(=O)N[C@H](CCC(=O)NCCN1C(=O)C=CC1=O)C(=O)O)C(=O)O)C(C)C)C(C)(C)C)C(C)(C)c1cn(C)c2ccccc12. The van der Waals surface area contributed by atoms with Gasteiger partial charge in [-0.3, -0.25) is 38.5 Å². The van der Waals surface area contributed by atoms with Crippen molar-refractivity contribution in [2.75, 3.05) is 27.2 Å². The number of hydrogen-bond acceptors (Lipinski definition) is 10. The fraction of sp³-hybridized carbons (Fsp3) is 0.543. The van der Waals surface area contributed by atoms with Crippen molar-refractivity contribution < 1.29 is 53.4 Å². The summed E-state index contributed by atoms with van der Waals surface area (Å²) < 4.78 is 2.01. The lowest BCUT2D eigenvalue weighted by Crippen LogP contribution is -2.61. The lowest BCUT2D eigenvalue weighted by atomic mass is 9.76. The van der Waals surface area contributed by atoms with Crippen molar-refractivity contribution in [2.24, 2.45) is 18.4 Å². The molecule has 65 heavy (non-hydrogen) atoms. The normalized spacial score (nSPS) is 15.6. The number of carboxylic acids is 2. The van der Waals surface area contributed by atoms with Crippen LogP contribution in [0.4, 0.5) is 0 Å². The van der Waals surface area contributed by atoms with E-state index in [0.29, 0.717) is 0 Å². The molecule has 0 radical (unpaired) electrons. The van der Waals surface area contributed by atoms with Crippen molar-refractivity contribution in [2.45, 2.75) is 117 Å². The van der Waals surface area contributed by atoms with Gasteiger partial charge < -0.3 is 46.3 Å². The van der Waals surface area contributed by atoms with E-state index in [1.165, 1.54) is 11.8 Å². The second kappa shape index (κ2) is 22.5. The van der Waals surface area contributed by atoms with Gasteiger partial charge in [0.25, 0.3) is 11.8 Å². The van der Waals surface area contributed by atoms with Crippen LogP contribution in [0.2, 0.25) is 0 Å². The monoisotopic (exact) mass is 906 g/mol. The molecule has 7 N–H and O–H groups in total. The summed E-state index contributed by atoms with van der Waals surface area (Å²) >= 11 is 0. The molecule has 356 valence electrons. The van der Waals surface area contributed by atoms with Crippen molar-refractivity contribution in [3.63, 3.8) is 0 Å². The van der Waals surface area contributed by atoms with Crippen LogP contribution in [0, 0.1) is 11.3 Å². The standard InChI is InChI=1S/C46H66N8O11/c1-26(2)33(53(11)42(61)39(45(4,5)6)51-41(60)38(47-9)46(7,8)29-25-52(10)32-15-13-12-14-28(29)32)24-27(3)40(59)50-31(44(64)65)17-19-35(56)49-30(43(62)63)16-18-34(55)48-22-23-54-36(57)20-21-37(54)58/h12-15,20-21,24-26,30-31,33,38-39,47H,16-19,22-23H2,1-11H3,(H,48,55)(H,49,56)(H,50,59)(H,51,60)(H,62,63)(H,64,65)/b27-24+/t30-,31-,33-,38-,39?/m1/s1. The number of aryl methyl sites for hydroxylation is 1. The summed E-state index contributed by atoms with van der Waals surface area (Å²) in [5.74, 6) is -7.13. The topological polar surface area (TPSA) is 266 Å². The molecule has 0 saturated heterocycles. The Morgan fingerprint density at radius 1 is 0.815 bits per heavy atom. The number of nitrogens with zero attached hydrogens (tertiary/aromatic N) is 3. The van der Waals surface area contributed by atoms with E-state index >= 15 is 0 Å². The molecule has 1 unspecified atom stereocenters. The molecule has 1 aromatic heterocycles. The Labute approximate surface area is 379 Å². The highest BCUT2D eigenvalue weighted by Gasteiger charge is 2.42. The van der Waals surface area contributed by atoms with Gasteiger partial charge in [-0.1, -0.05) is 72.7 Å². The second-order valence-electron chi connectivity index (χ2n) is 18.4. The highest BCUT2D eigenvalue weighted by atomic mass is 16.4. The van der Waals surface area contributed by atoms with Crippen LogP contribution in [0.3, 0.4) is 0 Å². The fourth-order valence-electron chi connectivity index (χ4n) is 7.79. The van der Waals surface area contributed by atoms with E-state index in [2.05, 4.69) is 26.6 Å². The first-order valence-electron chi connectivity index (χ1n) is 21.6. The van der Waals surface area contributed by atoms with E-state index in [-0.39, 0.29) is 43.3 Å². The summed E-state index contributed by atoms with van der Waals surface area (Å²) in [5.41, 5.74) is 0.591. The molecule has 0 spiro atoms. The Balaban J connectivity index is 1.65. The summed E-state index contributed by atoms with van der Waals surface area (Å²) in [4.78, 5) is 117. The predicted octanol–water partition coefficient (Wildman–Crippen LogP) is 1.74.